The van der Waals surface area contributed by atoms with Gasteiger partial charge in [0.1, 0.15) is 0 Å². The van der Waals surface area contributed by atoms with Crippen molar-refractivity contribution >= 4 is 11.6 Å². The predicted molar refractivity (Wildman–Crippen MR) is 75.0 cm³/mol. The molecule has 1 aliphatic heterocycles. The average molecular weight is 257 g/mol. The predicted octanol–water partition coefficient (Wildman–Crippen LogP) is 1.59. The zero-order valence-electron chi connectivity index (χ0n) is 11.5. The van der Waals surface area contributed by atoms with Crippen LogP contribution in [0.3, 0.4) is 0 Å². The molecule has 0 radical (unpaired) electrons. The van der Waals surface area contributed by atoms with E-state index >= 15 is 0 Å². The van der Waals surface area contributed by atoms with Gasteiger partial charge >= 0.3 is 0 Å². The first kappa shape index (κ1) is 13.6. The molecule has 0 fully saturated rings. The molecule has 4 heteroatoms. The van der Waals surface area contributed by atoms with E-state index in [1.807, 2.05) is 20.2 Å². The van der Waals surface area contributed by atoms with E-state index in [2.05, 4.69) is 23.1 Å². The highest BCUT2D eigenvalue weighted by atomic mass is 16.2. The van der Waals surface area contributed by atoms with Crippen molar-refractivity contribution in [1.82, 2.24) is 4.90 Å². The van der Waals surface area contributed by atoms with Crippen LogP contribution in [0.1, 0.15) is 17.5 Å². The van der Waals surface area contributed by atoms with Crippen molar-refractivity contribution in [2.24, 2.45) is 0 Å². The number of anilines is 1. The molecule has 1 amide bonds. The maximum Gasteiger partial charge on any atom is 0.231 e. The summed E-state index contributed by atoms with van der Waals surface area (Å²) in [7, 11) is 3.85. The van der Waals surface area contributed by atoms with Crippen molar-refractivity contribution in [3.05, 3.63) is 29.3 Å². The topological polar surface area (TPSA) is 47.3 Å². The molecule has 0 bridgehead atoms. The van der Waals surface area contributed by atoms with E-state index in [0.29, 0.717) is 12.8 Å². The number of likely N-dealkylation sites (N-methyl/N-ethyl adjacent to an activating group) is 2. The Bertz CT molecular complexity index is 519. The summed E-state index contributed by atoms with van der Waals surface area (Å²) in [6.45, 7) is 1.74. The minimum Gasteiger partial charge on any atom is -0.315 e. The molecule has 1 aromatic carbocycles. The van der Waals surface area contributed by atoms with Gasteiger partial charge in [-0.1, -0.05) is 12.1 Å². The molecule has 19 heavy (non-hydrogen) atoms. The van der Waals surface area contributed by atoms with E-state index in [4.69, 9.17) is 5.26 Å². The van der Waals surface area contributed by atoms with Gasteiger partial charge in [-0.05, 0) is 30.7 Å². The number of rotatable bonds is 5. The van der Waals surface area contributed by atoms with Gasteiger partial charge in [-0.25, -0.2) is 0 Å². The standard InChI is InChI=1S/C15H19N3O/c1-17(8-3-7-16)9-6-12-4-5-14-13(10-12)11-15(19)18(14)2/h4-5,10H,3,6,8-9,11H2,1-2H3. The summed E-state index contributed by atoms with van der Waals surface area (Å²) in [6, 6.07) is 8.41. The van der Waals surface area contributed by atoms with Gasteiger partial charge < -0.3 is 9.80 Å². The number of amides is 1. The first-order chi connectivity index (χ1) is 9.11. The van der Waals surface area contributed by atoms with Crippen LogP contribution in [0.2, 0.25) is 0 Å². The number of hydrogen-bond acceptors (Lipinski definition) is 3. The van der Waals surface area contributed by atoms with Gasteiger partial charge in [-0.15, -0.1) is 0 Å². The lowest BCUT2D eigenvalue weighted by Gasteiger charge is -2.15. The van der Waals surface area contributed by atoms with Crippen LogP contribution in [-0.4, -0.2) is 38.0 Å². The van der Waals surface area contributed by atoms with Crippen molar-refractivity contribution in [1.29, 1.82) is 5.26 Å². The summed E-state index contributed by atoms with van der Waals surface area (Å²) >= 11 is 0. The second-order valence-electron chi connectivity index (χ2n) is 5.05. The molecular weight excluding hydrogens is 238 g/mol. The van der Waals surface area contributed by atoms with Crippen molar-refractivity contribution in [3.8, 4) is 6.07 Å². The van der Waals surface area contributed by atoms with Gasteiger partial charge in [0.2, 0.25) is 5.91 Å². The number of benzene rings is 1. The minimum absolute atomic E-state index is 0.165. The molecule has 0 unspecified atom stereocenters. The fourth-order valence-corrected chi connectivity index (χ4v) is 2.35. The fourth-order valence-electron chi connectivity index (χ4n) is 2.35. The fraction of sp³-hybridized carbons (Fsp3) is 0.467. The average Bonchev–Trinajstić information content (AvgIpc) is 2.69. The van der Waals surface area contributed by atoms with Crippen LogP contribution in [0.15, 0.2) is 18.2 Å². The molecule has 0 spiro atoms. The first-order valence-corrected chi connectivity index (χ1v) is 6.55. The van der Waals surface area contributed by atoms with Gasteiger partial charge in [0.25, 0.3) is 0 Å². The Hall–Kier alpha value is -1.86. The maximum atomic E-state index is 11.6. The Balaban J connectivity index is 1.95. The van der Waals surface area contributed by atoms with Crippen LogP contribution in [0.5, 0.6) is 0 Å². The number of hydrogen-bond donors (Lipinski definition) is 0. The molecule has 0 aliphatic carbocycles. The van der Waals surface area contributed by atoms with Crippen molar-refractivity contribution in [3.63, 3.8) is 0 Å². The molecule has 1 aliphatic rings. The first-order valence-electron chi connectivity index (χ1n) is 6.55. The second kappa shape index (κ2) is 5.85. The van der Waals surface area contributed by atoms with E-state index in [-0.39, 0.29) is 5.91 Å². The normalized spacial score (nSPS) is 13.8. The van der Waals surface area contributed by atoms with E-state index in [0.717, 1.165) is 30.8 Å². The molecule has 0 saturated heterocycles. The number of nitrogens with zero attached hydrogens (tertiary/aromatic N) is 3. The van der Waals surface area contributed by atoms with Crippen molar-refractivity contribution in [2.45, 2.75) is 19.3 Å². The summed E-state index contributed by atoms with van der Waals surface area (Å²) in [5.41, 5.74) is 3.42. The third-order valence-electron chi connectivity index (χ3n) is 3.61. The third kappa shape index (κ3) is 3.12. The van der Waals surface area contributed by atoms with Crippen LogP contribution in [-0.2, 0) is 17.6 Å². The summed E-state index contributed by atoms with van der Waals surface area (Å²) in [5, 5.41) is 8.54. The molecule has 1 heterocycles. The Morgan fingerprint density at radius 1 is 1.42 bits per heavy atom. The second-order valence-corrected chi connectivity index (χ2v) is 5.05. The lowest BCUT2D eigenvalue weighted by Crippen LogP contribution is -2.22. The van der Waals surface area contributed by atoms with E-state index in [1.165, 1.54) is 5.56 Å². The minimum atomic E-state index is 0.165. The van der Waals surface area contributed by atoms with E-state index < -0.39 is 0 Å². The molecule has 0 aromatic heterocycles. The van der Waals surface area contributed by atoms with Gasteiger partial charge in [0.05, 0.1) is 12.5 Å². The molecular formula is C15H19N3O. The van der Waals surface area contributed by atoms with E-state index in [1.54, 1.807) is 4.90 Å². The molecule has 100 valence electrons. The lowest BCUT2D eigenvalue weighted by atomic mass is 10.1. The SMILES string of the molecule is CN(CCC#N)CCc1ccc2c(c1)CC(=O)N2C. The summed E-state index contributed by atoms with van der Waals surface area (Å²) in [5.74, 6) is 0.165. The molecule has 4 nitrogen and oxygen atoms in total. The van der Waals surface area contributed by atoms with Gasteiger partial charge in [-0.2, -0.15) is 5.26 Å². The van der Waals surface area contributed by atoms with Crippen LogP contribution in [0.25, 0.3) is 0 Å². The monoisotopic (exact) mass is 257 g/mol. The zero-order valence-corrected chi connectivity index (χ0v) is 11.5. The highest BCUT2D eigenvalue weighted by molar-refractivity contribution is 6.00. The molecule has 0 N–H and O–H groups in total. The third-order valence-corrected chi connectivity index (χ3v) is 3.61. The highest BCUT2D eigenvalue weighted by Gasteiger charge is 2.23. The van der Waals surface area contributed by atoms with Crippen LogP contribution < -0.4 is 4.90 Å². The van der Waals surface area contributed by atoms with Crippen LogP contribution in [0, 0.1) is 11.3 Å². The van der Waals surface area contributed by atoms with Gasteiger partial charge in [0, 0.05) is 32.2 Å². The zero-order chi connectivity index (χ0) is 13.8. The number of carbonyl (C=O) groups is 1. The Morgan fingerprint density at radius 2 is 2.21 bits per heavy atom. The van der Waals surface area contributed by atoms with Crippen LogP contribution in [0.4, 0.5) is 5.69 Å². The maximum absolute atomic E-state index is 11.6. The Morgan fingerprint density at radius 3 is 2.95 bits per heavy atom. The quantitative estimate of drug-likeness (QED) is 0.805. The summed E-state index contributed by atoms with van der Waals surface area (Å²) in [4.78, 5) is 15.5. The number of fused-ring (bicyclic) bond motifs is 1. The number of nitriles is 1. The molecule has 0 saturated carbocycles. The summed E-state index contributed by atoms with van der Waals surface area (Å²) in [6.07, 6.45) is 2.04. The Labute approximate surface area is 114 Å². The smallest absolute Gasteiger partial charge is 0.231 e. The summed E-state index contributed by atoms with van der Waals surface area (Å²) < 4.78 is 0. The lowest BCUT2D eigenvalue weighted by molar-refractivity contribution is -0.117. The van der Waals surface area contributed by atoms with Gasteiger partial charge in [0.15, 0.2) is 0 Å². The Kier molecular flexibility index (Phi) is 4.18. The van der Waals surface area contributed by atoms with Crippen LogP contribution >= 0.6 is 0 Å². The molecule has 2 rings (SSSR count). The van der Waals surface area contributed by atoms with Crippen molar-refractivity contribution < 1.29 is 4.79 Å². The van der Waals surface area contributed by atoms with E-state index in [9.17, 15) is 4.79 Å². The molecule has 0 atom stereocenters. The highest BCUT2D eigenvalue weighted by Crippen LogP contribution is 2.28. The van der Waals surface area contributed by atoms with Gasteiger partial charge in [-0.3, -0.25) is 4.79 Å². The largest absolute Gasteiger partial charge is 0.315 e. The molecule has 1 aromatic rings. The number of carbonyl (C=O) groups excluding carboxylic acids is 1. The van der Waals surface area contributed by atoms with Crippen molar-refractivity contribution in [2.75, 3.05) is 32.1 Å².